The number of nitrogens with one attached hydrogen (secondary N) is 5. The number of aryl methyl sites for hydroxylation is 5. The summed E-state index contributed by atoms with van der Waals surface area (Å²) in [6.07, 6.45) is 4.43. The van der Waals surface area contributed by atoms with E-state index in [9.17, 15) is 33.0 Å². The number of amides is 3. The molecule has 1 unspecified atom stereocenters. The Kier molecular flexibility index (Phi) is 42.3. The van der Waals surface area contributed by atoms with Gasteiger partial charge in [-0.15, -0.1) is 40.1 Å². The predicted molar refractivity (Wildman–Crippen MR) is 407 cm³/mol. The Morgan fingerprint density at radius 3 is 1.70 bits per heavy atom. The van der Waals surface area contributed by atoms with Gasteiger partial charge in [0.25, 0.3) is 11.8 Å². The molecule has 101 heavy (non-hydrogen) atoms. The summed E-state index contributed by atoms with van der Waals surface area (Å²) in [6.45, 7) is 21.9. The fourth-order valence-electron chi connectivity index (χ4n) is 8.55. The van der Waals surface area contributed by atoms with Crippen molar-refractivity contribution in [1.82, 2.24) is 21.3 Å². The second kappa shape index (κ2) is 47.1. The molecular weight excluding hydrogens is 1530 g/mol. The summed E-state index contributed by atoms with van der Waals surface area (Å²) in [6, 6.07) is 32.3. The number of esters is 3. The van der Waals surface area contributed by atoms with E-state index in [1.807, 2.05) is 116 Å². The number of anilines is 1. The molecule has 0 saturated heterocycles. The SMILES string of the molecule is CC(C)(C)OC(=O)NCCN.CCCNC(=O)c1sc2ccc(C)cc2c1Cl.COC(=O)C1=C(Cl)c2cc(C)ccc2S1=O.COC(=O)[C-]=C(NCCCO)c1[c-]ccc(C)c1.COC(=O)c1sc2ccc(C)cc2c1Cl.Cc1ccc2sc3c(c2c1)NCCNC3=O.NCCCO.O=S.[Y]. The number of alkyl carbamates (subject to hydrolysis) is 1. The van der Waals surface area contributed by atoms with E-state index < -0.39 is 34.4 Å². The van der Waals surface area contributed by atoms with Crippen LogP contribution in [0.4, 0.5) is 10.5 Å². The van der Waals surface area contributed by atoms with Crippen molar-refractivity contribution in [3.8, 4) is 0 Å². The third-order valence-electron chi connectivity index (χ3n) is 13.2. The number of hydrogen-bond acceptors (Lipinski definition) is 22. The number of benzene rings is 5. The first-order valence-electron chi connectivity index (χ1n) is 31.1. The summed E-state index contributed by atoms with van der Waals surface area (Å²) in [4.78, 5) is 71.1. The standard InChI is InChI=1S/C14H17NO3.C13H14ClNOS.C12H12N2OS.C11H9ClO3S.C11H9ClO2S.C7H16N2O2.C3H9NO.OS.Y/c1-11-5-3-6-12(9-11)13(10-14(17)18-2)15-7-4-8-16;1-3-6-15-13(16)12-11(14)9-7-8(2)4-5-10(9)17-12;1-7-2-3-9-8(6-7)10-11(16-9)12(15)14-5-4-13-10;1-6-3-4-8-7(5-6)9(12)10(16(8)14)11(13)15-2;1-6-3-4-8-7(5-6)9(12)10(15-8)11(13)14-2;1-7(2,3)11-6(10)9-5-4-8;4-2-1-3-5;1-2;/h3,5,9,15-16H,4,7-8H2,1-2H3;4-5,7H,3,6H2,1-2H3,(H,15,16);2-3,6,13H,4-5H2,1H3,(H,14,15);3-5H,1-2H3;3-5H,1-2H3;4-5,8H2,1-3H3,(H,9,10);5H,1-4H2;;/q-2;;;;;;;;. The van der Waals surface area contributed by atoms with Crippen molar-refractivity contribution in [2.45, 2.75) is 92.1 Å². The Morgan fingerprint density at radius 2 is 1.19 bits per heavy atom. The van der Waals surface area contributed by atoms with Crippen molar-refractivity contribution in [1.29, 1.82) is 0 Å². The first kappa shape index (κ1) is 90.7. The molecule has 8 aromatic rings. The van der Waals surface area contributed by atoms with Gasteiger partial charge >= 0.3 is 18.0 Å². The number of carbonyl (C=O) groups excluding carboxylic acids is 6. The molecule has 2 aliphatic heterocycles. The molecule has 3 aromatic heterocycles. The number of aliphatic hydroxyl groups excluding tert-OH is 2. The number of fused-ring (bicyclic) bond motifs is 6. The Hall–Kier alpha value is -6.34. The maximum atomic E-state index is 12.0. The fourth-order valence-corrected chi connectivity index (χ4v) is 14.2. The topological polar surface area (TPSA) is 326 Å². The summed E-state index contributed by atoms with van der Waals surface area (Å²) < 4.78 is 41.8. The van der Waals surface area contributed by atoms with Crippen LogP contribution in [0.3, 0.4) is 0 Å². The number of thiophene rings is 3. The van der Waals surface area contributed by atoms with Crippen LogP contribution in [-0.2, 0) is 84.6 Å². The third-order valence-corrected chi connectivity index (χ3v) is 19.7. The molecule has 3 amide bonds. The number of methoxy groups -OCH3 is 3. The molecule has 2 aliphatic rings. The molecule has 0 aliphatic carbocycles. The van der Waals surface area contributed by atoms with Gasteiger partial charge in [0.2, 0.25) is 5.97 Å². The predicted octanol–water partition coefficient (Wildman–Crippen LogP) is 12.8. The summed E-state index contributed by atoms with van der Waals surface area (Å²) in [5.74, 6) is -1.60. The van der Waals surface area contributed by atoms with Crippen LogP contribution in [0.2, 0.25) is 10.0 Å². The molecule has 545 valence electrons. The number of carbonyl (C=O) groups is 6. The number of aliphatic hydroxyl groups is 2. The molecule has 21 nitrogen and oxygen atoms in total. The fraction of sp³-hybridized carbons (Fsp3) is 0.352. The second-order valence-electron chi connectivity index (χ2n) is 22.5. The smallest absolute Gasteiger partial charge is 0.407 e. The molecule has 10 rings (SSSR count). The van der Waals surface area contributed by atoms with Crippen LogP contribution < -0.4 is 38.1 Å². The minimum Gasteiger partial charge on any atom is -0.480 e. The monoisotopic (exact) mass is 1610 g/mol. The average molecular weight is 1620 g/mol. The Labute approximate surface area is 650 Å². The number of ether oxygens (including phenoxy) is 4. The van der Waals surface area contributed by atoms with Gasteiger partial charge in [-0.25, -0.2) is 36.4 Å². The Balaban J connectivity index is 0.000000405. The van der Waals surface area contributed by atoms with E-state index in [1.165, 1.54) is 54.3 Å². The number of nitrogens with two attached hydrogens (primary N) is 2. The van der Waals surface area contributed by atoms with Crippen LogP contribution in [0.1, 0.15) is 115 Å². The quantitative estimate of drug-likeness (QED) is 0.0151. The van der Waals surface area contributed by atoms with Crippen LogP contribution in [0, 0.1) is 46.8 Å². The van der Waals surface area contributed by atoms with Crippen LogP contribution in [0.25, 0.3) is 41.0 Å². The van der Waals surface area contributed by atoms with Gasteiger partial charge in [-0.1, -0.05) is 95.2 Å². The van der Waals surface area contributed by atoms with Gasteiger partial charge in [0.05, 0.1) is 57.8 Å². The largest absolute Gasteiger partial charge is 0.480 e. The normalized spacial score (nSPS) is 12.4. The van der Waals surface area contributed by atoms with E-state index in [4.69, 9.17) is 65.4 Å². The minimum atomic E-state index is -1.53. The molecule has 0 saturated carbocycles. The van der Waals surface area contributed by atoms with E-state index in [2.05, 4.69) is 90.6 Å². The van der Waals surface area contributed by atoms with Gasteiger partial charge in [-0.05, 0) is 123 Å². The summed E-state index contributed by atoms with van der Waals surface area (Å²) >= 11 is 25.6. The molecule has 1 radical (unpaired) electrons. The number of rotatable bonds is 15. The molecule has 0 bridgehead atoms. The molecule has 0 fully saturated rings. The molecule has 0 spiro atoms. The zero-order valence-corrected chi connectivity index (χ0v) is 67.5. The summed E-state index contributed by atoms with van der Waals surface area (Å²) in [5, 5.41) is 35.7. The van der Waals surface area contributed by atoms with E-state index in [1.54, 1.807) is 23.5 Å². The van der Waals surface area contributed by atoms with Gasteiger partial charge in [0.1, 0.15) is 25.1 Å². The third kappa shape index (κ3) is 29.0. The zero-order valence-electron chi connectivity index (χ0n) is 58.3. The van der Waals surface area contributed by atoms with E-state index >= 15 is 0 Å². The van der Waals surface area contributed by atoms with Gasteiger partial charge in [0.15, 0.2) is 12.5 Å². The molecule has 5 aromatic carbocycles. The number of halogens is 3. The van der Waals surface area contributed by atoms with Crippen molar-refractivity contribution < 1.29 is 99.1 Å². The van der Waals surface area contributed by atoms with Gasteiger partial charge in [0, 0.05) is 121 Å². The van der Waals surface area contributed by atoms with Gasteiger partial charge < -0.3 is 67.2 Å². The van der Waals surface area contributed by atoms with Crippen molar-refractivity contribution in [3.05, 3.63) is 172 Å². The van der Waals surface area contributed by atoms with Gasteiger partial charge in [-0.3, -0.25) is 19.9 Å². The first-order chi connectivity index (χ1) is 47.6. The minimum absolute atomic E-state index is 0. The van der Waals surface area contributed by atoms with E-state index in [0.717, 1.165) is 83.3 Å². The maximum Gasteiger partial charge on any atom is 0.407 e. The van der Waals surface area contributed by atoms with Crippen LogP contribution >= 0.6 is 68.8 Å². The van der Waals surface area contributed by atoms with Crippen molar-refractivity contribution >= 4 is 175 Å². The summed E-state index contributed by atoms with van der Waals surface area (Å²) in [5.41, 5.74) is 18.2. The Morgan fingerprint density at radius 1 is 0.663 bits per heavy atom. The molecule has 1 atom stereocenters. The Bertz CT molecular complexity index is 4160. The van der Waals surface area contributed by atoms with Gasteiger partial charge in [-0.2, -0.15) is 21.9 Å². The molecule has 11 N–H and O–H groups in total. The molecular formula is C71H86Cl3N7O14S5Y-2. The molecule has 5 heterocycles. The molecule has 30 heteroatoms. The van der Waals surface area contributed by atoms with Crippen LogP contribution in [-0.4, -0.2) is 140 Å². The van der Waals surface area contributed by atoms with E-state index in [0.29, 0.717) is 81.6 Å². The maximum absolute atomic E-state index is 12.0. The van der Waals surface area contributed by atoms with Crippen molar-refractivity contribution in [2.24, 2.45) is 11.5 Å². The van der Waals surface area contributed by atoms with Crippen molar-refractivity contribution in [3.63, 3.8) is 0 Å². The average Bonchev–Trinajstić information content (AvgIpc) is 1.64. The van der Waals surface area contributed by atoms with Crippen LogP contribution in [0.15, 0.2) is 101 Å². The van der Waals surface area contributed by atoms with E-state index in [-0.39, 0.29) is 73.6 Å². The first-order valence-corrected chi connectivity index (χ1v) is 36.2. The van der Waals surface area contributed by atoms with Crippen LogP contribution in [0.5, 0.6) is 0 Å². The zero-order chi connectivity index (χ0) is 74.8. The second-order valence-corrected chi connectivity index (χ2v) is 28.2. The summed E-state index contributed by atoms with van der Waals surface area (Å²) in [7, 11) is 2.37. The van der Waals surface area contributed by atoms with Crippen molar-refractivity contribution in [2.75, 3.05) is 85.7 Å². The number of hydrogen-bond donors (Lipinski definition) is 9.